The molecule has 0 aliphatic rings. The molecule has 0 N–H and O–H groups in total. The number of hydrogen-bond donors (Lipinski definition) is 0. The summed E-state index contributed by atoms with van der Waals surface area (Å²) in [5, 5.41) is 0.710. The molecular weight excluding hydrogens is 323 g/mol. The number of hydrogen-bond acceptors (Lipinski definition) is 5. The molecule has 0 unspecified atom stereocenters. The third-order valence-electron chi connectivity index (χ3n) is 3.39. The molecule has 0 aliphatic carbocycles. The van der Waals surface area contributed by atoms with Crippen molar-refractivity contribution in [1.82, 2.24) is 19.9 Å². The first-order chi connectivity index (χ1) is 11.8. The van der Waals surface area contributed by atoms with Gasteiger partial charge in [-0.25, -0.2) is 14.4 Å². The van der Waals surface area contributed by atoms with E-state index in [1.54, 1.807) is 18.6 Å². The van der Waals surface area contributed by atoms with Crippen molar-refractivity contribution in [3.05, 3.63) is 73.1 Å². The zero-order chi connectivity index (χ0) is 16.4. The summed E-state index contributed by atoms with van der Waals surface area (Å²) in [5.74, 6) is -0.375. The minimum atomic E-state index is -0.375. The number of rotatable bonds is 3. The number of pyridine rings is 3. The first-order valence-corrected chi connectivity index (χ1v) is 8.07. The maximum atomic E-state index is 13.3. The van der Waals surface area contributed by atoms with Crippen molar-refractivity contribution < 1.29 is 4.39 Å². The summed E-state index contributed by atoms with van der Waals surface area (Å²) >= 11 is 1.45. The van der Waals surface area contributed by atoms with E-state index >= 15 is 0 Å². The summed E-state index contributed by atoms with van der Waals surface area (Å²) in [5.41, 5.74) is 3.09. The molecule has 4 heterocycles. The van der Waals surface area contributed by atoms with Crippen LogP contribution in [0.1, 0.15) is 0 Å². The fraction of sp³-hybridized carbons (Fsp3) is 0. The fourth-order valence-electron chi connectivity index (χ4n) is 2.28. The molecule has 0 radical (unpaired) electrons. The van der Waals surface area contributed by atoms with Gasteiger partial charge in [0, 0.05) is 24.2 Å². The van der Waals surface area contributed by atoms with Crippen LogP contribution in [0.25, 0.3) is 32.5 Å². The van der Waals surface area contributed by atoms with E-state index in [2.05, 4.69) is 19.9 Å². The van der Waals surface area contributed by atoms with Crippen LogP contribution in [0, 0.1) is 5.82 Å². The third-order valence-corrected chi connectivity index (χ3v) is 4.46. The predicted octanol–water partition coefficient (Wildman–Crippen LogP) is 4.47. The Morgan fingerprint density at radius 1 is 0.833 bits per heavy atom. The van der Waals surface area contributed by atoms with Gasteiger partial charge in [-0.3, -0.25) is 9.97 Å². The third kappa shape index (κ3) is 2.91. The number of halogens is 1. The maximum absolute atomic E-state index is 13.3. The molecule has 0 aliphatic heterocycles. The fourth-order valence-corrected chi connectivity index (χ4v) is 3.15. The van der Waals surface area contributed by atoms with Crippen LogP contribution in [0.3, 0.4) is 0 Å². The first-order valence-electron chi connectivity index (χ1n) is 7.25. The normalized spacial score (nSPS) is 10.7. The predicted molar refractivity (Wildman–Crippen MR) is 91.8 cm³/mol. The second kappa shape index (κ2) is 6.25. The molecule has 4 rings (SSSR count). The molecule has 0 saturated heterocycles. The van der Waals surface area contributed by atoms with Gasteiger partial charge in [-0.2, -0.15) is 0 Å². The van der Waals surface area contributed by atoms with Crippen molar-refractivity contribution in [2.75, 3.05) is 0 Å². The highest BCUT2D eigenvalue weighted by molar-refractivity contribution is 7.18. The van der Waals surface area contributed by atoms with Gasteiger partial charge in [-0.15, -0.1) is 11.3 Å². The van der Waals surface area contributed by atoms with Crippen molar-refractivity contribution in [2.45, 2.75) is 0 Å². The van der Waals surface area contributed by atoms with Gasteiger partial charge in [0.15, 0.2) is 0 Å². The molecule has 0 saturated carbocycles. The lowest BCUT2D eigenvalue weighted by molar-refractivity contribution is 0.622. The Morgan fingerprint density at radius 3 is 2.54 bits per heavy atom. The van der Waals surface area contributed by atoms with Crippen molar-refractivity contribution >= 4 is 11.3 Å². The largest absolute Gasteiger partial charge is 0.261 e. The number of thiazole rings is 1. The lowest BCUT2D eigenvalue weighted by atomic mass is 10.2. The first kappa shape index (κ1) is 14.6. The highest BCUT2D eigenvalue weighted by atomic mass is 32.1. The van der Waals surface area contributed by atoms with Crippen LogP contribution in [-0.2, 0) is 0 Å². The van der Waals surface area contributed by atoms with E-state index in [0.29, 0.717) is 10.6 Å². The van der Waals surface area contributed by atoms with E-state index in [9.17, 15) is 4.39 Å². The molecule has 0 atom stereocenters. The molecule has 6 heteroatoms. The lowest BCUT2D eigenvalue weighted by Crippen LogP contribution is -1.88. The van der Waals surface area contributed by atoms with E-state index in [1.807, 2.05) is 36.4 Å². The summed E-state index contributed by atoms with van der Waals surface area (Å²) in [7, 11) is 0. The van der Waals surface area contributed by atoms with Crippen molar-refractivity contribution in [1.29, 1.82) is 0 Å². The molecule has 116 valence electrons. The maximum Gasteiger partial charge on any atom is 0.142 e. The van der Waals surface area contributed by atoms with E-state index in [0.717, 1.165) is 22.0 Å². The average Bonchev–Trinajstić information content (AvgIpc) is 3.13. The Hall–Kier alpha value is -2.99. The number of aromatic nitrogens is 4. The lowest BCUT2D eigenvalue weighted by Gasteiger charge is -2.02. The van der Waals surface area contributed by atoms with Gasteiger partial charge in [0.1, 0.15) is 10.8 Å². The second-order valence-corrected chi connectivity index (χ2v) is 6.08. The van der Waals surface area contributed by atoms with E-state index in [1.165, 1.54) is 23.6 Å². The Kier molecular flexibility index (Phi) is 3.80. The van der Waals surface area contributed by atoms with Crippen LogP contribution in [-0.4, -0.2) is 19.9 Å². The molecule has 0 spiro atoms. The Labute approximate surface area is 141 Å². The summed E-state index contributed by atoms with van der Waals surface area (Å²) in [6.07, 6.45) is 6.26. The smallest absolute Gasteiger partial charge is 0.142 e. The SMILES string of the molecule is Fc1cncc(-c2ncc(-c3cccc(-c4ccccn4)n3)s2)c1. The van der Waals surface area contributed by atoms with Gasteiger partial charge in [0.25, 0.3) is 0 Å². The number of nitrogens with zero attached hydrogens (tertiary/aromatic N) is 4. The molecule has 0 bridgehead atoms. The highest BCUT2D eigenvalue weighted by Crippen LogP contribution is 2.31. The van der Waals surface area contributed by atoms with Gasteiger partial charge in [0.2, 0.25) is 0 Å². The van der Waals surface area contributed by atoms with E-state index in [-0.39, 0.29) is 5.82 Å². The Balaban J connectivity index is 1.70. The van der Waals surface area contributed by atoms with Gasteiger partial charge < -0.3 is 0 Å². The molecule has 4 nitrogen and oxygen atoms in total. The van der Waals surface area contributed by atoms with E-state index in [4.69, 9.17) is 0 Å². The zero-order valence-corrected chi connectivity index (χ0v) is 13.2. The van der Waals surface area contributed by atoms with Crippen LogP contribution in [0.4, 0.5) is 4.39 Å². The van der Waals surface area contributed by atoms with Gasteiger partial charge in [-0.1, -0.05) is 12.1 Å². The zero-order valence-electron chi connectivity index (χ0n) is 12.4. The topological polar surface area (TPSA) is 51.6 Å². The van der Waals surface area contributed by atoms with Crippen LogP contribution in [0.5, 0.6) is 0 Å². The van der Waals surface area contributed by atoms with Gasteiger partial charge in [-0.05, 0) is 30.3 Å². The van der Waals surface area contributed by atoms with Crippen LogP contribution in [0.2, 0.25) is 0 Å². The van der Waals surface area contributed by atoms with E-state index < -0.39 is 0 Å². The minimum Gasteiger partial charge on any atom is -0.261 e. The van der Waals surface area contributed by atoms with Gasteiger partial charge >= 0.3 is 0 Å². The molecule has 0 amide bonds. The Morgan fingerprint density at radius 2 is 1.71 bits per heavy atom. The minimum absolute atomic E-state index is 0.375. The summed E-state index contributed by atoms with van der Waals surface area (Å²) < 4.78 is 13.3. The summed E-state index contributed by atoms with van der Waals surface area (Å²) in [6.45, 7) is 0. The van der Waals surface area contributed by atoms with Crippen LogP contribution in [0.15, 0.2) is 67.3 Å². The monoisotopic (exact) mass is 334 g/mol. The standard InChI is InChI=1S/C18H11FN4S/c19-13-8-12(9-20-10-13)18-22-11-17(24-18)16-6-3-5-15(23-16)14-4-1-2-7-21-14/h1-11H. The molecule has 4 aromatic rings. The van der Waals surface area contributed by atoms with Crippen molar-refractivity contribution in [3.63, 3.8) is 0 Å². The average molecular weight is 334 g/mol. The quantitative estimate of drug-likeness (QED) is 0.555. The van der Waals surface area contributed by atoms with Crippen molar-refractivity contribution in [3.8, 4) is 32.5 Å². The molecule has 0 fully saturated rings. The molecule has 4 aromatic heterocycles. The van der Waals surface area contributed by atoms with Crippen LogP contribution >= 0.6 is 11.3 Å². The summed E-state index contributed by atoms with van der Waals surface area (Å²) in [4.78, 5) is 18.1. The molecule has 0 aromatic carbocycles. The molecule has 24 heavy (non-hydrogen) atoms. The summed E-state index contributed by atoms with van der Waals surface area (Å²) in [6, 6.07) is 12.9. The second-order valence-electron chi connectivity index (χ2n) is 5.04. The highest BCUT2D eigenvalue weighted by Gasteiger charge is 2.10. The Bertz CT molecular complexity index is 985. The van der Waals surface area contributed by atoms with Gasteiger partial charge in [0.05, 0.1) is 28.2 Å². The van der Waals surface area contributed by atoms with Crippen molar-refractivity contribution in [2.24, 2.45) is 0 Å². The molecular formula is C18H11FN4S. The van der Waals surface area contributed by atoms with Crippen LogP contribution < -0.4 is 0 Å².